The van der Waals surface area contributed by atoms with Crippen molar-refractivity contribution in [1.82, 2.24) is 9.21 Å². The molecule has 1 atom stereocenters. The second kappa shape index (κ2) is 7.40. The number of likely N-dealkylation sites (tertiary alicyclic amines) is 1. The fourth-order valence-corrected chi connectivity index (χ4v) is 3.76. The lowest BCUT2D eigenvalue weighted by Gasteiger charge is -2.22. The molecule has 0 aliphatic carbocycles. The van der Waals surface area contributed by atoms with Crippen LogP contribution in [-0.2, 0) is 14.8 Å². The highest BCUT2D eigenvalue weighted by molar-refractivity contribution is 7.89. The minimum absolute atomic E-state index is 0.0281. The van der Waals surface area contributed by atoms with Gasteiger partial charge in [-0.15, -0.1) is 0 Å². The molecular formula is C16H25N3O4S. The molecule has 0 spiro atoms. The average Bonchev–Trinajstić information content (AvgIpc) is 3.08. The van der Waals surface area contributed by atoms with E-state index in [0.717, 1.165) is 30.2 Å². The van der Waals surface area contributed by atoms with Gasteiger partial charge >= 0.3 is 0 Å². The molecule has 8 heteroatoms. The molecule has 0 radical (unpaired) electrons. The van der Waals surface area contributed by atoms with Crippen molar-refractivity contribution in [1.29, 1.82) is 0 Å². The van der Waals surface area contributed by atoms with Crippen LogP contribution in [0.5, 0.6) is 5.75 Å². The van der Waals surface area contributed by atoms with Crippen LogP contribution in [0.3, 0.4) is 0 Å². The van der Waals surface area contributed by atoms with E-state index in [0.29, 0.717) is 5.69 Å². The molecule has 0 unspecified atom stereocenters. The Morgan fingerprint density at radius 2 is 1.92 bits per heavy atom. The number of hydrogen-bond acceptors (Lipinski definition) is 5. The van der Waals surface area contributed by atoms with Gasteiger partial charge in [0.2, 0.25) is 15.9 Å². The lowest BCUT2D eigenvalue weighted by atomic mass is 10.2. The van der Waals surface area contributed by atoms with E-state index < -0.39 is 16.1 Å². The standard InChI is InChI=1S/C16H25N3O4S/c1-12(16(20)19-9-5-6-10-19)17-13-7-8-14(23-4)15(11-13)24(21,22)18(2)3/h7-8,11-12,17H,5-6,9-10H2,1-4H3/t12-/m0/s1. The highest BCUT2D eigenvalue weighted by atomic mass is 32.2. The molecule has 1 aliphatic rings. The number of methoxy groups -OCH3 is 1. The normalized spacial score (nSPS) is 16.3. The zero-order valence-electron chi connectivity index (χ0n) is 14.6. The van der Waals surface area contributed by atoms with Crippen molar-refractivity contribution >= 4 is 21.6 Å². The Balaban J connectivity index is 2.24. The Kier molecular flexibility index (Phi) is 5.71. The molecule has 0 bridgehead atoms. The quantitative estimate of drug-likeness (QED) is 0.834. The van der Waals surface area contributed by atoms with Crippen molar-refractivity contribution < 1.29 is 17.9 Å². The van der Waals surface area contributed by atoms with Gasteiger partial charge in [-0.3, -0.25) is 4.79 Å². The zero-order valence-corrected chi connectivity index (χ0v) is 15.4. The van der Waals surface area contributed by atoms with Crippen LogP contribution in [-0.4, -0.2) is 63.9 Å². The molecule has 1 aromatic rings. The van der Waals surface area contributed by atoms with E-state index in [1.807, 2.05) is 4.90 Å². The lowest BCUT2D eigenvalue weighted by molar-refractivity contribution is -0.130. The number of rotatable bonds is 6. The van der Waals surface area contributed by atoms with E-state index in [1.54, 1.807) is 19.1 Å². The summed E-state index contributed by atoms with van der Waals surface area (Å²) in [6.07, 6.45) is 2.07. The van der Waals surface area contributed by atoms with Gasteiger partial charge in [0.15, 0.2) is 0 Å². The Hall–Kier alpha value is -1.80. The van der Waals surface area contributed by atoms with Crippen molar-refractivity contribution in [3.63, 3.8) is 0 Å². The number of nitrogens with zero attached hydrogens (tertiary/aromatic N) is 2. The molecule has 0 saturated carbocycles. The first-order valence-corrected chi connectivity index (χ1v) is 9.37. The summed E-state index contributed by atoms with van der Waals surface area (Å²) in [5, 5.41) is 3.09. The third kappa shape index (κ3) is 3.81. The van der Waals surface area contributed by atoms with E-state index in [2.05, 4.69) is 5.32 Å². The topological polar surface area (TPSA) is 79.0 Å². The van der Waals surface area contributed by atoms with Crippen molar-refractivity contribution in [2.45, 2.75) is 30.7 Å². The molecule has 1 aromatic carbocycles. The van der Waals surface area contributed by atoms with Crippen molar-refractivity contribution in [3.05, 3.63) is 18.2 Å². The van der Waals surface area contributed by atoms with Crippen molar-refractivity contribution in [2.24, 2.45) is 0 Å². The lowest BCUT2D eigenvalue weighted by Crippen LogP contribution is -2.39. The fourth-order valence-electron chi connectivity index (χ4n) is 2.69. The van der Waals surface area contributed by atoms with Crippen LogP contribution in [0.1, 0.15) is 19.8 Å². The molecule has 134 valence electrons. The Labute approximate surface area is 143 Å². The van der Waals surface area contributed by atoms with Gasteiger partial charge in [-0.2, -0.15) is 0 Å². The highest BCUT2D eigenvalue weighted by Crippen LogP contribution is 2.29. The first-order chi connectivity index (χ1) is 11.3. The third-order valence-corrected chi connectivity index (χ3v) is 5.93. The molecule has 1 amide bonds. The van der Waals surface area contributed by atoms with Gasteiger partial charge in [0, 0.05) is 32.9 Å². The van der Waals surface area contributed by atoms with Crippen molar-refractivity contribution in [2.75, 3.05) is 39.6 Å². The maximum Gasteiger partial charge on any atom is 0.246 e. The number of ether oxygens (including phenoxy) is 1. The van der Waals surface area contributed by atoms with Crippen LogP contribution in [0.4, 0.5) is 5.69 Å². The van der Waals surface area contributed by atoms with Gasteiger partial charge in [-0.25, -0.2) is 12.7 Å². The molecule has 1 fully saturated rings. The summed E-state index contributed by atoms with van der Waals surface area (Å²) in [6.45, 7) is 3.35. The number of amides is 1. The molecule has 1 N–H and O–H groups in total. The van der Waals surface area contributed by atoms with Crippen LogP contribution in [0, 0.1) is 0 Å². The minimum atomic E-state index is -3.64. The van der Waals surface area contributed by atoms with Gasteiger partial charge in [-0.1, -0.05) is 0 Å². The molecular weight excluding hydrogens is 330 g/mol. The fraction of sp³-hybridized carbons (Fsp3) is 0.562. The monoisotopic (exact) mass is 355 g/mol. The SMILES string of the molecule is COc1ccc(N[C@@H](C)C(=O)N2CCCC2)cc1S(=O)(=O)N(C)C. The van der Waals surface area contributed by atoms with Gasteiger partial charge in [0.25, 0.3) is 0 Å². The van der Waals surface area contributed by atoms with Crippen LogP contribution in [0.2, 0.25) is 0 Å². The van der Waals surface area contributed by atoms with Crippen LogP contribution in [0.25, 0.3) is 0 Å². The summed E-state index contributed by atoms with van der Waals surface area (Å²) in [5.41, 5.74) is 0.566. The average molecular weight is 355 g/mol. The number of carbonyl (C=O) groups is 1. The highest BCUT2D eigenvalue weighted by Gasteiger charge is 2.25. The van der Waals surface area contributed by atoms with E-state index in [4.69, 9.17) is 4.74 Å². The van der Waals surface area contributed by atoms with Gasteiger partial charge in [0.05, 0.1) is 7.11 Å². The molecule has 1 saturated heterocycles. The summed E-state index contributed by atoms with van der Waals surface area (Å²) in [6, 6.07) is 4.38. The minimum Gasteiger partial charge on any atom is -0.495 e. The second-order valence-corrected chi connectivity index (χ2v) is 8.17. The number of anilines is 1. The van der Waals surface area contributed by atoms with E-state index in [9.17, 15) is 13.2 Å². The zero-order chi connectivity index (χ0) is 17.9. The molecule has 24 heavy (non-hydrogen) atoms. The maximum atomic E-state index is 12.4. The Morgan fingerprint density at radius 1 is 1.29 bits per heavy atom. The Morgan fingerprint density at radius 3 is 2.46 bits per heavy atom. The second-order valence-electron chi connectivity index (χ2n) is 6.05. The molecule has 2 rings (SSSR count). The molecule has 1 aliphatic heterocycles. The third-order valence-electron chi connectivity index (χ3n) is 4.09. The largest absolute Gasteiger partial charge is 0.495 e. The number of nitrogens with one attached hydrogen (secondary N) is 1. The van der Waals surface area contributed by atoms with Crippen molar-refractivity contribution in [3.8, 4) is 5.75 Å². The number of carbonyl (C=O) groups excluding carboxylic acids is 1. The summed E-state index contributed by atoms with van der Waals surface area (Å²) in [4.78, 5) is 14.3. The smallest absolute Gasteiger partial charge is 0.246 e. The van der Waals surface area contributed by atoms with E-state index >= 15 is 0 Å². The van der Waals surface area contributed by atoms with Crippen LogP contribution < -0.4 is 10.1 Å². The summed E-state index contributed by atoms with van der Waals surface area (Å²) < 4.78 is 31.2. The molecule has 7 nitrogen and oxygen atoms in total. The van der Waals surface area contributed by atoms with E-state index in [-0.39, 0.29) is 16.6 Å². The number of hydrogen-bond donors (Lipinski definition) is 1. The van der Waals surface area contributed by atoms with Gasteiger partial charge in [-0.05, 0) is 38.0 Å². The van der Waals surface area contributed by atoms with Gasteiger partial charge < -0.3 is 15.0 Å². The summed E-state index contributed by atoms with van der Waals surface area (Å²) >= 11 is 0. The summed E-state index contributed by atoms with van der Waals surface area (Å²) in [7, 11) is 0.720. The first-order valence-electron chi connectivity index (χ1n) is 7.93. The maximum absolute atomic E-state index is 12.4. The van der Waals surface area contributed by atoms with Crippen LogP contribution >= 0.6 is 0 Å². The molecule has 0 aromatic heterocycles. The number of benzene rings is 1. The van der Waals surface area contributed by atoms with Gasteiger partial charge in [0.1, 0.15) is 16.7 Å². The summed E-state index contributed by atoms with van der Waals surface area (Å²) in [5.74, 6) is 0.299. The molecule has 1 heterocycles. The van der Waals surface area contributed by atoms with E-state index in [1.165, 1.54) is 27.3 Å². The predicted octanol–water partition coefficient (Wildman–Crippen LogP) is 1.37. The Bertz CT molecular complexity index is 697. The first kappa shape index (κ1) is 18.5. The number of sulfonamides is 1. The predicted molar refractivity (Wildman–Crippen MR) is 92.8 cm³/mol. The van der Waals surface area contributed by atoms with Crippen LogP contribution in [0.15, 0.2) is 23.1 Å².